The van der Waals surface area contributed by atoms with Crippen molar-refractivity contribution in [3.63, 3.8) is 0 Å². The number of aromatic nitrogens is 2. The van der Waals surface area contributed by atoms with Gasteiger partial charge in [-0.3, -0.25) is 0 Å². The van der Waals surface area contributed by atoms with Crippen LogP contribution in [0.15, 0.2) is 41.6 Å². The summed E-state index contributed by atoms with van der Waals surface area (Å²) in [6, 6.07) is 10.8. The summed E-state index contributed by atoms with van der Waals surface area (Å²) in [5.74, 6) is -1.22. The SMILES string of the molecule is Nc1c(C(=O)O)nnc2cc(-c3ccc4c(c3)B(O)ON=C4)ccc12. The van der Waals surface area contributed by atoms with Gasteiger partial charge in [0.1, 0.15) is 0 Å². The number of rotatable bonds is 2. The fourth-order valence-electron chi connectivity index (χ4n) is 2.75. The Morgan fingerprint density at radius 2 is 1.88 bits per heavy atom. The molecule has 0 unspecified atom stereocenters. The standard InChI is InChI=1S/C16H11BN4O4/c18-14-11-4-3-9(6-13(11)20-21-15(14)16(22)23)8-1-2-10-7-19-25-17(24)12(10)5-8/h1-7,24H,(H2,18,20)(H,22,23). The van der Waals surface area contributed by atoms with Crippen LogP contribution in [0.5, 0.6) is 0 Å². The van der Waals surface area contributed by atoms with E-state index < -0.39 is 13.1 Å². The summed E-state index contributed by atoms with van der Waals surface area (Å²) < 4.78 is 4.85. The number of fused-ring (bicyclic) bond motifs is 2. The molecule has 8 nitrogen and oxygen atoms in total. The number of carbonyl (C=O) groups is 1. The van der Waals surface area contributed by atoms with Crippen molar-refractivity contribution < 1.29 is 19.7 Å². The number of benzene rings is 2. The molecule has 0 aliphatic carbocycles. The van der Waals surface area contributed by atoms with Crippen molar-refractivity contribution in [2.75, 3.05) is 5.73 Å². The summed E-state index contributed by atoms with van der Waals surface area (Å²) in [4.78, 5) is 11.1. The Morgan fingerprint density at radius 1 is 1.12 bits per heavy atom. The zero-order valence-corrected chi connectivity index (χ0v) is 12.7. The van der Waals surface area contributed by atoms with Gasteiger partial charge < -0.3 is 20.6 Å². The number of nitrogen functional groups attached to an aromatic ring is 1. The molecular weight excluding hydrogens is 323 g/mol. The van der Waals surface area contributed by atoms with Crippen LogP contribution in [0.2, 0.25) is 0 Å². The van der Waals surface area contributed by atoms with Gasteiger partial charge in [-0.2, -0.15) is 0 Å². The van der Waals surface area contributed by atoms with Crippen LogP contribution in [0.25, 0.3) is 22.0 Å². The average Bonchev–Trinajstić information content (AvgIpc) is 2.61. The molecule has 1 aliphatic rings. The fourth-order valence-corrected chi connectivity index (χ4v) is 2.75. The second-order valence-corrected chi connectivity index (χ2v) is 5.54. The largest absolute Gasteiger partial charge is 0.583 e. The van der Waals surface area contributed by atoms with Gasteiger partial charge >= 0.3 is 13.1 Å². The zero-order valence-electron chi connectivity index (χ0n) is 12.7. The highest BCUT2D eigenvalue weighted by atomic mass is 16.6. The first-order valence-corrected chi connectivity index (χ1v) is 7.35. The molecule has 9 heteroatoms. The number of carboxylic acids is 1. The van der Waals surface area contributed by atoms with Crippen LogP contribution in [0.3, 0.4) is 0 Å². The number of hydrogen-bond donors (Lipinski definition) is 3. The fraction of sp³-hybridized carbons (Fsp3) is 0. The summed E-state index contributed by atoms with van der Waals surface area (Å²) in [7, 11) is -1.12. The molecule has 0 saturated carbocycles. The Morgan fingerprint density at radius 3 is 2.68 bits per heavy atom. The highest BCUT2D eigenvalue weighted by Gasteiger charge is 2.25. The lowest BCUT2D eigenvalue weighted by Gasteiger charge is -2.14. The predicted octanol–water partition coefficient (Wildman–Crippen LogP) is 0.629. The van der Waals surface area contributed by atoms with E-state index >= 15 is 0 Å². The van der Waals surface area contributed by atoms with Crippen molar-refractivity contribution >= 4 is 41.4 Å². The number of aromatic carboxylic acids is 1. The summed E-state index contributed by atoms with van der Waals surface area (Å²) >= 11 is 0. The number of carboxylic acid groups (broad SMARTS) is 1. The van der Waals surface area contributed by atoms with Gasteiger partial charge in [0.25, 0.3) is 0 Å². The summed E-state index contributed by atoms with van der Waals surface area (Å²) in [5.41, 5.74) is 9.20. The van der Waals surface area contributed by atoms with Gasteiger partial charge in [0.05, 0.1) is 17.4 Å². The molecule has 4 N–H and O–H groups in total. The van der Waals surface area contributed by atoms with Gasteiger partial charge in [0.2, 0.25) is 0 Å². The predicted molar refractivity (Wildman–Crippen MR) is 92.6 cm³/mol. The monoisotopic (exact) mass is 334 g/mol. The molecule has 0 fully saturated rings. The molecule has 0 bridgehead atoms. The van der Waals surface area contributed by atoms with E-state index in [2.05, 4.69) is 15.4 Å². The molecule has 1 aliphatic heterocycles. The second-order valence-electron chi connectivity index (χ2n) is 5.54. The average molecular weight is 334 g/mol. The number of nitrogens with zero attached hydrogens (tertiary/aromatic N) is 3. The van der Waals surface area contributed by atoms with Crippen LogP contribution in [-0.2, 0) is 4.76 Å². The first kappa shape index (κ1) is 15.1. The molecule has 3 aromatic rings. The van der Waals surface area contributed by atoms with Gasteiger partial charge in [0.15, 0.2) is 5.69 Å². The van der Waals surface area contributed by atoms with Crippen molar-refractivity contribution in [2.24, 2.45) is 5.16 Å². The third-order valence-electron chi connectivity index (χ3n) is 4.04. The Kier molecular flexibility index (Phi) is 3.36. The highest BCUT2D eigenvalue weighted by Crippen LogP contribution is 2.27. The van der Waals surface area contributed by atoms with Gasteiger partial charge in [-0.15, -0.1) is 15.4 Å². The number of hydrogen-bond acceptors (Lipinski definition) is 7. The van der Waals surface area contributed by atoms with E-state index in [1.54, 1.807) is 24.3 Å². The lowest BCUT2D eigenvalue weighted by Crippen LogP contribution is -2.37. The lowest BCUT2D eigenvalue weighted by atomic mass is 9.75. The third kappa shape index (κ3) is 2.46. The molecule has 2 heterocycles. The van der Waals surface area contributed by atoms with E-state index in [0.29, 0.717) is 16.4 Å². The van der Waals surface area contributed by atoms with Gasteiger partial charge in [-0.25, -0.2) is 4.79 Å². The van der Waals surface area contributed by atoms with E-state index in [9.17, 15) is 9.82 Å². The molecule has 0 saturated heterocycles. The van der Waals surface area contributed by atoms with Crippen molar-refractivity contribution in [3.05, 3.63) is 47.7 Å². The topological polar surface area (TPSA) is 131 Å². The maximum atomic E-state index is 11.1. The van der Waals surface area contributed by atoms with Crippen molar-refractivity contribution in [1.29, 1.82) is 0 Å². The second kappa shape index (κ2) is 5.57. The summed E-state index contributed by atoms with van der Waals surface area (Å²) in [5, 5.41) is 30.7. The minimum absolute atomic E-state index is 0.0783. The molecule has 25 heavy (non-hydrogen) atoms. The molecule has 0 radical (unpaired) electrons. The molecule has 4 rings (SSSR count). The van der Waals surface area contributed by atoms with E-state index in [4.69, 9.17) is 15.6 Å². The third-order valence-corrected chi connectivity index (χ3v) is 4.04. The quantitative estimate of drug-likeness (QED) is 0.586. The molecule has 2 aromatic carbocycles. The van der Waals surface area contributed by atoms with E-state index in [1.165, 1.54) is 6.21 Å². The van der Waals surface area contributed by atoms with Crippen molar-refractivity contribution in [2.45, 2.75) is 0 Å². The smallest absolute Gasteiger partial charge is 0.476 e. The van der Waals surface area contributed by atoms with Crippen LogP contribution in [0.4, 0.5) is 5.69 Å². The molecule has 0 amide bonds. The van der Waals surface area contributed by atoms with Crippen LogP contribution in [0.1, 0.15) is 16.1 Å². The maximum absolute atomic E-state index is 11.1. The first-order valence-electron chi connectivity index (χ1n) is 7.35. The minimum atomic E-state index is -1.22. The normalized spacial score (nSPS) is 12.8. The first-order chi connectivity index (χ1) is 12.0. The Hall–Kier alpha value is -3.46. The van der Waals surface area contributed by atoms with Crippen LogP contribution < -0.4 is 11.2 Å². The summed E-state index contributed by atoms with van der Waals surface area (Å²) in [6.45, 7) is 0. The molecule has 0 spiro atoms. The van der Waals surface area contributed by atoms with Crippen LogP contribution in [0, 0.1) is 0 Å². The van der Waals surface area contributed by atoms with Gasteiger partial charge in [0, 0.05) is 10.8 Å². The van der Waals surface area contributed by atoms with Gasteiger partial charge in [-0.1, -0.05) is 24.3 Å². The van der Waals surface area contributed by atoms with E-state index in [0.717, 1.165) is 16.7 Å². The maximum Gasteiger partial charge on any atom is 0.583 e. The van der Waals surface area contributed by atoms with Crippen LogP contribution >= 0.6 is 0 Å². The zero-order chi connectivity index (χ0) is 17.6. The Bertz CT molecular complexity index is 1050. The molecule has 122 valence electrons. The van der Waals surface area contributed by atoms with Crippen LogP contribution in [-0.4, -0.2) is 39.6 Å². The highest BCUT2D eigenvalue weighted by molar-refractivity contribution is 6.62. The molecule has 1 aromatic heterocycles. The Labute approximate surface area is 141 Å². The molecule has 0 atom stereocenters. The minimum Gasteiger partial charge on any atom is -0.476 e. The lowest BCUT2D eigenvalue weighted by molar-refractivity contribution is 0.0691. The number of anilines is 1. The van der Waals surface area contributed by atoms with Gasteiger partial charge in [-0.05, 0) is 28.8 Å². The van der Waals surface area contributed by atoms with Crippen molar-refractivity contribution in [3.8, 4) is 11.1 Å². The van der Waals surface area contributed by atoms with Crippen molar-refractivity contribution in [1.82, 2.24) is 10.2 Å². The summed E-state index contributed by atoms with van der Waals surface area (Å²) in [6.07, 6.45) is 1.53. The van der Waals surface area contributed by atoms with E-state index in [-0.39, 0.29) is 11.4 Å². The Balaban J connectivity index is 1.83. The number of nitrogens with two attached hydrogens (primary N) is 1. The van der Waals surface area contributed by atoms with E-state index in [1.807, 2.05) is 12.1 Å². The number of oxime groups is 1. The molecular formula is C16H11BN4O4.